The van der Waals surface area contributed by atoms with Gasteiger partial charge in [-0.25, -0.2) is 17.2 Å². The topological polar surface area (TPSA) is 103 Å². The number of phenols is 1. The van der Waals surface area contributed by atoms with Gasteiger partial charge in [-0.3, -0.25) is 4.90 Å². The highest BCUT2D eigenvalue weighted by Gasteiger charge is 2.24. The molecule has 1 fully saturated rings. The Morgan fingerprint density at radius 3 is 2.31 bits per heavy atom. The van der Waals surface area contributed by atoms with Crippen LogP contribution in [0.4, 0.5) is 4.79 Å². The summed E-state index contributed by atoms with van der Waals surface area (Å²) in [5.41, 5.74) is 1.12. The average molecular weight is 415 g/mol. The molecule has 4 rings (SSSR count). The van der Waals surface area contributed by atoms with Gasteiger partial charge in [0.25, 0.3) is 10.0 Å². The van der Waals surface area contributed by atoms with Gasteiger partial charge in [0.15, 0.2) is 0 Å². The average Bonchev–Trinajstić information content (AvgIpc) is 3.16. The summed E-state index contributed by atoms with van der Waals surface area (Å²) in [5.74, 6) is 0.0908. The Morgan fingerprint density at radius 1 is 0.966 bits per heavy atom. The number of aromatic nitrogens is 1. The molecule has 1 aliphatic heterocycles. The SMILES string of the molecule is O=C(O)N1CCN(Cc2c(O)ccc3c2ccn3S(=O)(=O)c2ccccc2)CC1. The third kappa shape index (κ3) is 3.54. The largest absolute Gasteiger partial charge is 0.508 e. The van der Waals surface area contributed by atoms with Crippen LogP contribution in [0.1, 0.15) is 5.56 Å². The van der Waals surface area contributed by atoms with E-state index in [0.29, 0.717) is 49.2 Å². The van der Waals surface area contributed by atoms with Gasteiger partial charge in [0, 0.05) is 49.9 Å². The number of aromatic hydroxyl groups is 1. The van der Waals surface area contributed by atoms with E-state index in [0.717, 1.165) is 0 Å². The molecule has 1 aromatic heterocycles. The highest BCUT2D eigenvalue weighted by molar-refractivity contribution is 7.90. The summed E-state index contributed by atoms with van der Waals surface area (Å²) in [4.78, 5) is 14.7. The zero-order valence-corrected chi connectivity index (χ0v) is 16.4. The Hall–Kier alpha value is -3.04. The maximum Gasteiger partial charge on any atom is 0.407 e. The molecular weight excluding hydrogens is 394 g/mol. The zero-order valence-electron chi connectivity index (χ0n) is 15.6. The zero-order chi connectivity index (χ0) is 20.6. The van der Waals surface area contributed by atoms with E-state index in [-0.39, 0.29) is 10.6 Å². The number of phenolic OH excluding ortho intramolecular Hbond substituents is 1. The number of nitrogens with zero attached hydrogens (tertiary/aromatic N) is 3. The van der Waals surface area contributed by atoms with Crippen LogP contribution in [0, 0.1) is 0 Å². The van der Waals surface area contributed by atoms with Crippen LogP contribution in [-0.4, -0.2) is 64.7 Å². The van der Waals surface area contributed by atoms with Gasteiger partial charge >= 0.3 is 6.09 Å². The van der Waals surface area contributed by atoms with Gasteiger partial charge in [-0.1, -0.05) is 18.2 Å². The highest BCUT2D eigenvalue weighted by Crippen LogP contribution is 2.31. The van der Waals surface area contributed by atoms with E-state index >= 15 is 0 Å². The smallest absolute Gasteiger partial charge is 0.407 e. The molecule has 9 heteroatoms. The molecule has 0 radical (unpaired) electrons. The molecule has 1 amide bonds. The predicted octanol–water partition coefficient (Wildman–Crippen LogP) is 2.38. The summed E-state index contributed by atoms with van der Waals surface area (Å²) >= 11 is 0. The Kier molecular flexibility index (Phi) is 4.93. The summed E-state index contributed by atoms with van der Waals surface area (Å²) < 4.78 is 27.3. The number of benzene rings is 2. The fraction of sp³-hybridized carbons (Fsp3) is 0.250. The molecular formula is C20H21N3O5S. The molecule has 3 aromatic rings. The molecule has 8 nitrogen and oxygen atoms in total. The number of hydrogen-bond donors (Lipinski definition) is 2. The Labute approximate surface area is 168 Å². The number of amides is 1. The normalized spacial score (nSPS) is 15.7. The lowest BCUT2D eigenvalue weighted by Gasteiger charge is -2.33. The molecule has 1 saturated heterocycles. The van der Waals surface area contributed by atoms with Gasteiger partial charge < -0.3 is 15.1 Å². The van der Waals surface area contributed by atoms with Gasteiger partial charge in [0.2, 0.25) is 0 Å². The minimum absolute atomic E-state index is 0.0908. The molecule has 0 bridgehead atoms. The number of carbonyl (C=O) groups is 1. The van der Waals surface area contributed by atoms with Crippen LogP contribution in [0.25, 0.3) is 10.9 Å². The second-order valence-corrected chi connectivity index (χ2v) is 8.79. The van der Waals surface area contributed by atoms with Crippen LogP contribution in [-0.2, 0) is 16.6 Å². The van der Waals surface area contributed by atoms with E-state index in [2.05, 4.69) is 4.90 Å². The molecule has 0 spiro atoms. The molecule has 1 aliphatic rings. The molecule has 29 heavy (non-hydrogen) atoms. The molecule has 152 valence electrons. The van der Waals surface area contributed by atoms with E-state index < -0.39 is 16.1 Å². The van der Waals surface area contributed by atoms with Crippen LogP contribution in [0.2, 0.25) is 0 Å². The van der Waals surface area contributed by atoms with Crippen molar-refractivity contribution in [3.05, 3.63) is 60.3 Å². The number of piperazine rings is 1. The minimum Gasteiger partial charge on any atom is -0.508 e. The van der Waals surface area contributed by atoms with E-state index in [1.165, 1.54) is 21.1 Å². The van der Waals surface area contributed by atoms with Gasteiger partial charge in [0.05, 0.1) is 10.4 Å². The Morgan fingerprint density at radius 2 is 1.66 bits per heavy atom. The van der Waals surface area contributed by atoms with Crippen molar-refractivity contribution < 1.29 is 23.4 Å². The van der Waals surface area contributed by atoms with Gasteiger partial charge in [0.1, 0.15) is 5.75 Å². The Bertz CT molecular complexity index is 1150. The minimum atomic E-state index is -3.75. The van der Waals surface area contributed by atoms with Crippen molar-refractivity contribution in [3.8, 4) is 5.75 Å². The van der Waals surface area contributed by atoms with Crippen LogP contribution >= 0.6 is 0 Å². The maximum absolute atomic E-state index is 13.0. The molecule has 2 N–H and O–H groups in total. The molecule has 2 aromatic carbocycles. The third-order valence-electron chi connectivity index (χ3n) is 5.25. The van der Waals surface area contributed by atoms with Crippen LogP contribution in [0.3, 0.4) is 0 Å². The number of fused-ring (bicyclic) bond motifs is 1. The lowest BCUT2D eigenvalue weighted by molar-refractivity contribution is 0.103. The van der Waals surface area contributed by atoms with Gasteiger partial charge in [-0.2, -0.15) is 0 Å². The summed E-state index contributed by atoms with van der Waals surface area (Å²) in [6, 6.07) is 13.0. The maximum atomic E-state index is 13.0. The summed E-state index contributed by atoms with van der Waals surface area (Å²) in [5, 5.41) is 20.2. The van der Waals surface area contributed by atoms with E-state index in [4.69, 9.17) is 5.11 Å². The molecule has 0 atom stereocenters. The highest BCUT2D eigenvalue weighted by atomic mass is 32.2. The summed E-state index contributed by atoms with van der Waals surface area (Å²) in [7, 11) is -3.75. The first-order valence-electron chi connectivity index (χ1n) is 9.20. The first kappa shape index (κ1) is 19.3. The van der Waals surface area contributed by atoms with Crippen molar-refractivity contribution in [2.45, 2.75) is 11.4 Å². The number of hydrogen-bond acceptors (Lipinski definition) is 5. The number of rotatable bonds is 4. The second-order valence-electron chi connectivity index (χ2n) is 6.97. The van der Waals surface area contributed by atoms with Crippen LogP contribution in [0.5, 0.6) is 5.75 Å². The fourth-order valence-corrected chi connectivity index (χ4v) is 5.01. The predicted molar refractivity (Wildman–Crippen MR) is 108 cm³/mol. The standard InChI is InChI=1S/C20H21N3O5S/c24-19-7-6-18-16(17(19)14-21-10-12-22(13-11-21)20(25)26)8-9-23(18)29(27,28)15-4-2-1-3-5-15/h1-9,24H,10-14H2,(H,25,26). The fourth-order valence-electron chi connectivity index (χ4n) is 3.64. The number of carboxylic acid groups (broad SMARTS) is 1. The second kappa shape index (κ2) is 7.41. The van der Waals surface area contributed by atoms with Crippen molar-refractivity contribution in [2.24, 2.45) is 0 Å². The third-order valence-corrected chi connectivity index (χ3v) is 6.95. The van der Waals surface area contributed by atoms with E-state index in [1.807, 2.05) is 0 Å². The van der Waals surface area contributed by atoms with E-state index in [1.54, 1.807) is 42.5 Å². The Balaban J connectivity index is 1.67. The first-order valence-corrected chi connectivity index (χ1v) is 10.6. The summed E-state index contributed by atoms with van der Waals surface area (Å²) in [6.07, 6.45) is 0.566. The van der Waals surface area contributed by atoms with Crippen LogP contribution in [0.15, 0.2) is 59.6 Å². The summed E-state index contributed by atoms with van der Waals surface area (Å²) in [6.45, 7) is 2.30. The van der Waals surface area contributed by atoms with E-state index in [9.17, 15) is 18.3 Å². The van der Waals surface area contributed by atoms with Crippen molar-refractivity contribution in [2.75, 3.05) is 26.2 Å². The molecule has 0 aliphatic carbocycles. The quantitative estimate of drug-likeness (QED) is 0.678. The van der Waals surface area contributed by atoms with Crippen molar-refractivity contribution in [1.29, 1.82) is 0 Å². The van der Waals surface area contributed by atoms with Crippen molar-refractivity contribution in [1.82, 2.24) is 13.8 Å². The van der Waals surface area contributed by atoms with Crippen LogP contribution < -0.4 is 0 Å². The lowest BCUT2D eigenvalue weighted by Crippen LogP contribution is -2.47. The monoisotopic (exact) mass is 415 g/mol. The van der Waals surface area contributed by atoms with Gasteiger partial charge in [-0.15, -0.1) is 0 Å². The van der Waals surface area contributed by atoms with Gasteiger partial charge in [-0.05, 0) is 30.3 Å². The lowest BCUT2D eigenvalue weighted by atomic mass is 10.1. The molecule has 0 saturated carbocycles. The molecule has 2 heterocycles. The van der Waals surface area contributed by atoms with Crippen molar-refractivity contribution in [3.63, 3.8) is 0 Å². The first-order chi connectivity index (χ1) is 13.9. The van der Waals surface area contributed by atoms with Crippen molar-refractivity contribution >= 4 is 27.0 Å². The molecule has 0 unspecified atom stereocenters.